The average Bonchev–Trinajstić information content (AvgIpc) is 1.26. The van der Waals surface area contributed by atoms with Gasteiger partial charge in [-0.1, -0.05) is 6.92 Å². The topological polar surface area (TPSA) is 677 Å². The van der Waals surface area contributed by atoms with E-state index in [2.05, 4.69) is 72.4 Å². The van der Waals surface area contributed by atoms with Gasteiger partial charge in [-0.25, -0.2) is 29.7 Å². The van der Waals surface area contributed by atoms with Crippen LogP contribution >= 0.6 is 22.7 Å². The smallest absolute Gasteiger partial charge is 0.404 e. The lowest BCUT2D eigenvalue weighted by atomic mass is 9.96. The number of anilines is 1. The molecule has 0 radical (unpaired) electrons. The van der Waals surface area contributed by atoms with Crippen LogP contribution in [0.4, 0.5) is 10.6 Å². The molecule has 4 aromatic rings. The molecule has 6 rings (SSSR count). The van der Waals surface area contributed by atoms with Gasteiger partial charge in [0, 0.05) is 48.8 Å². The number of imidazole rings is 1. The van der Waals surface area contributed by atoms with Crippen molar-refractivity contribution >= 4 is 75.9 Å². The summed E-state index contributed by atoms with van der Waals surface area (Å²) < 4.78 is 28.8. The summed E-state index contributed by atoms with van der Waals surface area (Å²) in [5, 5.41) is 115. The molecule has 19 atom stereocenters. The number of amides is 8. The number of hydrogen-bond acceptors (Lipinski definition) is 34. The number of rotatable bonds is 43. The first kappa shape index (κ1) is 84.2. The second-order valence-corrected chi connectivity index (χ2v) is 26.3. The third-order valence-electron chi connectivity index (χ3n) is 16.6. The number of carbonyl (C=O) groups excluding carboxylic acids is 8. The van der Waals surface area contributed by atoms with Gasteiger partial charge in [0.25, 0.3) is 11.8 Å². The van der Waals surface area contributed by atoms with Gasteiger partial charge in [0.05, 0.1) is 72.7 Å². The zero-order valence-corrected chi connectivity index (χ0v) is 58.6. The number of nitrogen functional groups attached to an aromatic ring is 1. The number of unbranched alkanes of at least 4 members (excludes halogenated alkanes) is 1. The van der Waals surface area contributed by atoms with E-state index in [1.807, 2.05) is 0 Å². The van der Waals surface area contributed by atoms with Crippen molar-refractivity contribution < 1.29 is 103 Å². The van der Waals surface area contributed by atoms with Crippen molar-refractivity contribution in [2.75, 3.05) is 71.3 Å². The number of ether oxygens (including phenoxy) is 5. The number of aliphatic hydroxyl groups excluding tert-OH is 8. The predicted octanol–water partition coefficient (Wildman–Crippen LogP) is -8.27. The lowest BCUT2D eigenvalue weighted by molar-refractivity contribution is -0.372. The third-order valence-corrected chi connectivity index (χ3v) is 18.4. The number of nitrogens with one attached hydrogen (secondary N) is 9. The van der Waals surface area contributed by atoms with Crippen molar-refractivity contribution in [1.82, 2.24) is 72.4 Å². The third kappa shape index (κ3) is 24.1. The second-order valence-electron chi connectivity index (χ2n) is 24.5. The first-order valence-electron chi connectivity index (χ1n) is 33.1. The molecule has 0 bridgehead atoms. The van der Waals surface area contributed by atoms with E-state index in [-0.39, 0.29) is 54.0 Å². The van der Waals surface area contributed by atoms with Gasteiger partial charge in [-0.05, 0) is 79.2 Å². The summed E-state index contributed by atoms with van der Waals surface area (Å²) in [6.07, 6.45) is -21.4. The van der Waals surface area contributed by atoms with Gasteiger partial charge in [-0.3, -0.25) is 33.6 Å². The molecule has 2 saturated heterocycles. The summed E-state index contributed by atoms with van der Waals surface area (Å²) in [4.78, 5) is 131. The van der Waals surface area contributed by atoms with Crippen molar-refractivity contribution in [3.63, 3.8) is 0 Å². The van der Waals surface area contributed by atoms with Crippen LogP contribution in [0.5, 0.6) is 0 Å². The number of nitrogens with zero attached hydrogens (tertiary/aromatic N) is 5. The molecule has 6 heterocycles. The highest BCUT2D eigenvalue weighted by molar-refractivity contribution is 7.14. The SMILES string of the molecule is Cc1c(N)nc(C(CC(N)=O)NCC(N)C(N)=O)nc1C(=O)NC(C(=O)NC(C)C(O)C(C)C(=O)NC(C(=O)NCCc1nc(-c2nc(C(=O)NCCCNCCCCNCCCN)cs2)cs1)C(C)O)C(O[C@@H]1O[C@@H](CO)[C@@H](O)[C@H](O)[C@@H]1O[C@@H]1O[C@H](CO)[C@@H](O)[C@H](OC(N)=O)[C@@H]1O)c1cnc[nH]1. The van der Waals surface area contributed by atoms with Gasteiger partial charge in [-0.2, -0.15) is 0 Å². The number of H-pyrrole nitrogens is 1. The first-order chi connectivity index (χ1) is 49.0. The Bertz CT molecular complexity index is 3400. The molecule has 9 unspecified atom stereocenters. The molecule has 0 saturated carbocycles. The van der Waals surface area contributed by atoms with E-state index in [4.69, 9.17) is 58.1 Å². The fourth-order valence-corrected chi connectivity index (χ4v) is 12.2. The van der Waals surface area contributed by atoms with E-state index < -0.39 is 183 Å². The Balaban J connectivity index is 1.19. The number of aliphatic hydroxyl groups is 8. The summed E-state index contributed by atoms with van der Waals surface area (Å²) in [6.45, 7) is 7.22. The zero-order valence-electron chi connectivity index (χ0n) is 57.0. The Kier molecular flexibility index (Phi) is 33.6. The number of nitrogens with two attached hydrogens (primary N) is 6. The molecule has 574 valence electrons. The van der Waals surface area contributed by atoms with Crippen molar-refractivity contribution in [3.05, 3.63) is 56.8 Å². The molecular weight excluding hydrogens is 1400 g/mol. The normalized spacial score (nSPS) is 23.1. The minimum absolute atomic E-state index is 0.0146. The van der Waals surface area contributed by atoms with Crippen molar-refractivity contribution in [2.24, 2.45) is 34.6 Å². The van der Waals surface area contributed by atoms with E-state index in [0.717, 1.165) is 64.4 Å². The van der Waals surface area contributed by atoms with Gasteiger partial charge in [-0.15, -0.1) is 22.7 Å². The van der Waals surface area contributed by atoms with Gasteiger partial charge >= 0.3 is 6.09 Å². The molecule has 29 N–H and O–H groups in total. The molecular formula is C60H96N20O21S2. The van der Waals surface area contributed by atoms with E-state index in [0.29, 0.717) is 28.8 Å². The van der Waals surface area contributed by atoms with Crippen molar-refractivity contribution in [2.45, 2.75) is 176 Å². The van der Waals surface area contributed by atoms with Gasteiger partial charge < -0.3 is 146 Å². The Morgan fingerprint density at radius 1 is 0.718 bits per heavy atom. The highest BCUT2D eigenvalue weighted by Crippen LogP contribution is 2.35. The molecule has 41 nitrogen and oxygen atoms in total. The van der Waals surface area contributed by atoms with Gasteiger partial charge in [0.15, 0.2) is 18.7 Å². The molecule has 0 aromatic carbocycles. The van der Waals surface area contributed by atoms with Crippen LogP contribution in [0.25, 0.3) is 10.7 Å². The Morgan fingerprint density at radius 3 is 2.02 bits per heavy atom. The zero-order chi connectivity index (χ0) is 75.8. The lowest BCUT2D eigenvalue weighted by Gasteiger charge is -2.47. The first-order valence-corrected chi connectivity index (χ1v) is 34.8. The highest BCUT2D eigenvalue weighted by atomic mass is 32.1. The van der Waals surface area contributed by atoms with Crippen LogP contribution in [-0.2, 0) is 54.1 Å². The number of primary amides is 3. The van der Waals surface area contributed by atoms with Crippen LogP contribution in [0.2, 0.25) is 0 Å². The Hall–Kier alpha value is -7.77. The number of carbonyl (C=O) groups is 8. The summed E-state index contributed by atoms with van der Waals surface area (Å²) in [7, 11) is 0. The van der Waals surface area contributed by atoms with Crippen molar-refractivity contribution in [3.8, 4) is 10.7 Å². The molecule has 0 aliphatic carbocycles. The molecule has 0 spiro atoms. The van der Waals surface area contributed by atoms with Gasteiger partial charge in [0.1, 0.15) is 94.6 Å². The van der Waals surface area contributed by atoms with E-state index >= 15 is 4.79 Å². The van der Waals surface area contributed by atoms with Crippen LogP contribution in [0.1, 0.15) is 108 Å². The number of aromatic amines is 1. The summed E-state index contributed by atoms with van der Waals surface area (Å²) >= 11 is 2.51. The maximum Gasteiger partial charge on any atom is 0.404 e. The fraction of sp³-hybridized carbons (Fsp3) is 0.650. The predicted molar refractivity (Wildman–Crippen MR) is 363 cm³/mol. The van der Waals surface area contributed by atoms with Crippen LogP contribution in [0, 0.1) is 12.8 Å². The maximum atomic E-state index is 15.2. The van der Waals surface area contributed by atoms with Crippen LogP contribution < -0.4 is 76.9 Å². The largest absolute Gasteiger partial charge is 0.441 e. The van der Waals surface area contributed by atoms with Crippen LogP contribution in [-0.4, -0.2) is 282 Å². The Labute approximate surface area is 598 Å². The van der Waals surface area contributed by atoms with Crippen molar-refractivity contribution in [1.29, 1.82) is 0 Å². The van der Waals surface area contributed by atoms with E-state index in [1.54, 1.807) is 10.8 Å². The number of thiazole rings is 2. The average molecular weight is 1500 g/mol. The molecule has 103 heavy (non-hydrogen) atoms. The van der Waals surface area contributed by atoms with Crippen LogP contribution in [0.3, 0.4) is 0 Å². The number of hydrogen-bond donors (Lipinski definition) is 23. The van der Waals surface area contributed by atoms with Gasteiger partial charge in [0.2, 0.25) is 29.5 Å². The highest BCUT2D eigenvalue weighted by Gasteiger charge is 2.54. The second kappa shape index (κ2) is 41.1. The minimum atomic E-state index is -2.20. The molecule has 2 aliphatic rings. The molecule has 2 aliphatic heterocycles. The molecule has 8 amide bonds. The van der Waals surface area contributed by atoms with E-state index in [1.165, 1.54) is 50.4 Å². The molecule has 43 heteroatoms. The maximum absolute atomic E-state index is 15.2. The summed E-state index contributed by atoms with van der Waals surface area (Å²) in [5.41, 5.74) is 33.6. The monoisotopic (exact) mass is 1500 g/mol. The summed E-state index contributed by atoms with van der Waals surface area (Å²) in [6, 6.07) is -7.87. The fourth-order valence-electron chi connectivity index (χ4n) is 10.6. The van der Waals surface area contributed by atoms with E-state index in [9.17, 15) is 74.4 Å². The molecule has 4 aromatic heterocycles. The standard InChI is InChI=1S/C60H96N20O21S2/c1-25-38(77-51(80-49(25)64)30(17-36(63)84)72-18-29(62)50(65)90)55(94)79-40(46(31-19-69-24-73-31)99-59-48(44(88)42(86)34(20-81)98-59)100-58-45(89)47(101-60(66)96)43(87)35(21-82)97-58)56(95)74-27(3)41(85)26(2)52(91)78-39(28(4)83)54(93)71-16-9-37-75-33(23-102-37)57-76-32(22-103-57)53(92)70-15-8-14-68-12-6-5-11-67-13-7-10-61/h19,22-24,26-30,34-35,39-48,58-59,67-68,72,81-83,85-89H,5-18,20-21,61-62H2,1-4H3,(H2,63,84)(H2,65,90)(H2,66,96)(H,69,73)(H,70,92)(H,71,93)(H,74,95)(H,78,91)(H,79,94)(H2,64,77,80)/t26?,27?,28?,29?,30?,34-,35+,39?,40?,41?,42+,43+,44-,45-,46?,47-,48-,58-,59-/m0/s1. The Morgan fingerprint density at radius 2 is 1.39 bits per heavy atom. The number of aromatic nitrogens is 6. The molecule has 2 fully saturated rings. The van der Waals surface area contributed by atoms with Crippen LogP contribution in [0.15, 0.2) is 23.3 Å². The quantitative estimate of drug-likeness (QED) is 0.0183. The minimum Gasteiger partial charge on any atom is -0.441 e. The summed E-state index contributed by atoms with van der Waals surface area (Å²) in [5.74, 6) is -8.73. The lowest BCUT2D eigenvalue weighted by Crippen LogP contribution is -2.65.